The van der Waals surface area contributed by atoms with Crippen molar-refractivity contribution in [2.24, 2.45) is 0 Å². The van der Waals surface area contributed by atoms with Crippen LogP contribution in [0.3, 0.4) is 0 Å². The molecule has 1 aliphatic heterocycles. The number of carbonyl (C=O) groups is 1. The summed E-state index contributed by atoms with van der Waals surface area (Å²) < 4.78 is 22.8. The highest BCUT2D eigenvalue weighted by atomic mass is 16.6. The lowest BCUT2D eigenvalue weighted by Crippen LogP contribution is -2.63. The van der Waals surface area contributed by atoms with Crippen molar-refractivity contribution in [1.82, 2.24) is 20.3 Å². The number of rotatable bonds is 14. The summed E-state index contributed by atoms with van der Waals surface area (Å²) in [5.41, 5.74) is 0.501. The van der Waals surface area contributed by atoms with Gasteiger partial charge in [0, 0.05) is 0 Å². The second kappa shape index (κ2) is 12.8. The first kappa shape index (κ1) is 23.6. The van der Waals surface area contributed by atoms with Crippen molar-refractivity contribution in [1.29, 1.82) is 0 Å². The number of hydrogen-bond acceptors (Lipinski definition) is 11. The van der Waals surface area contributed by atoms with E-state index in [1.165, 1.54) is 0 Å². The zero-order valence-electron chi connectivity index (χ0n) is 15.9. The number of nitrogens with one attached hydrogen (secondary N) is 1. The van der Waals surface area contributed by atoms with Crippen LogP contribution < -0.4 is 5.32 Å². The van der Waals surface area contributed by atoms with Crippen molar-refractivity contribution in [3.63, 3.8) is 0 Å². The third kappa shape index (κ3) is 7.56. The third-order valence-electron chi connectivity index (χ3n) is 4.22. The smallest absolute Gasteiger partial charge is 0.207 e. The predicted octanol–water partition coefficient (Wildman–Crippen LogP) is -3.63. The van der Waals surface area contributed by atoms with Crippen LogP contribution in [0.5, 0.6) is 0 Å². The van der Waals surface area contributed by atoms with Gasteiger partial charge in [0.15, 0.2) is 6.29 Å². The fourth-order valence-corrected chi connectivity index (χ4v) is 2.66. The molecular formula is C16H28N4O9. The number of ether oxygens (including phenoxy) is 4. The Morgan fingerprint density at radius 2 is 1.79 bits per heavy atom. The topological polar surface area (TPSA) is 178 Å². The van der Waals surface area contributed by atoms with E-state index in [1.54, 1.807) is 10.9 Å². The highest BCUT2D eigenvalue weighted by Crippen LogP contribution is 2.20. The van der Waals surface area contributed by atoms with Crippen molar-refractivity contribution in [3.8, 4) is 0 Å². The molecule has 0 unspecified atom stereocenters. The maximum absolute atomic E-state index is 10.5. The number of aliphatic hydroxyl groups is 4. The van der Waals surface area contributed by atoms with E-state index >= 15 is 0 Å². The molecule has 5 N–H and O–H groups in total. The summed E-state index contributed by atoms with van der Waals surface area (Å²) in [4.78, 5) is 10.5. The normalized spacial score (nSPS) is 27.1. The molecule has 0 radical (unpaired) electrons. The molecule has 0 saturated carbocycles. The van der Waals surface area contributed by atoms with E-state index in [9.17, 15) is 20.1 Å². The Labute approximate surface area is 167 Å². The van der Waals surface area contributed by atoms with Crippen LogP contribution in [-0.4, -0.2) is 112 Å². The summed E-state index contributed by atoms with van der Waals surface area (Å²) in [6.45, 7) is 1.99. The summed E-state index contributed by atoms with van der Waals surface area (Å²) in [7, 11) is 0. The van der Waals surface area contributed by atoms with Crippen molar-refractivity contribution in [2.75, 3.05) is 39.6 Å². The Kier molecular flexibility index (Phi) is 10.4. The van der Waals surface area contributed by atoms with E-state index in [4.69, 9.17) is 24.1 Å². The summed E-state index contributed by atoms with van der Waals surface area (Å²) in [5, 5.41) is 48.3. The van der Waals surface area contributed by atoms with Crippen LogP contribution in [0.2, 0.25) is 0 Å². The second-order valence-corrected chi connectivity index (χ2v) is 6.29. The molecule has 166 valence electrons. The van der Waals surface area contributed by atoms with E-state index in [0.717, 1.165) is 0 Å². The average Bonchev–Trinajstić information content (AvgIpc) is 3.18. The van der Waals surface area contributed by atoms with E-state index < -0.39 is 30.6 Å². The van der Waals surface area contributed by atoms with Crippen LogP contribution >= 0.6 is 0 Å². The number of hydrogen-bond donors (Lipinski definition) is 5. The van der Waals surface area contributed by atoms with Gasteiger partial charge in [0.1, 0.15) is 30.0 Å². The Morgan fingerprint density at radius 3 is 2.45 bits per heavy atom. The molecule has 0 spiro atoms. The first-order chi connectivity index (χ1) is 14.1. The monoisotopic (exact) mass is 420 g/mol. The third-order valence-corrected chi connectivity index (χ3v) is 4.22. The Hall–Kier alpha value is -1.71. The molecule has 1 saturated heterocycles. The molecule has 1 aliphatic rings. The first-order valence-corrected chi connectivity index (χ1v) is 9.19. The molecule has 1 fully saturated rings. The Balaban J connectivity index is 1.47. The quantitative estimate of drug-likeness (QED) is 0.148. The number of aliphatic hydroxyl groups excluding tert-OH is 4. The van der Waals surface area contributed by atoms with E-state index in [2.05, 4.69) is 15.6 Å². The number of amides is 1. The van der Waals surface area contributed by atoms with Crippen LogP contribution in [-0.2, 0) is 36.9 Å². The van der Waals surface area contributed by atoms with Crippen molar-refractivity contribution >= 4 is 6.41 Å². The van der Waals surface area contributed by atoms with Gasteiger partial charge in [-0.2, -0.15) is 0 Å². The predicted molar refractivity (Wildman–Crippen MR) is 94.3 cm³/mol. The minimum atomic E-state index is -1.45. The molecule has 13 nitrogen and oxygen atoms in total. The second-order valence-electron chi connectivity index (χ2n) is 6.29. The van der Waals surface area contributed by atoms with Crippen molar-refractivity contribution in [3.05, 3.63) is 11.9 Å². The summed E-state index contributed by atoms with van der Waals surface area (Å²) >= 11 is 0. The fraction of sp³-hybridized carbons (Fsp3) is 0.812. The molecule has 1 amide bonds. The van der Waals surface area contributed by atoms with E-state index in [-0.39, 0.29) is 26.4 Å². The molecule has 0 bridgehead atoms. The Morgan fingerprint density at radius 1 is 1.10 bits per heavy atom. The van der Waals surface area contributed by atoms with Gasteiger partial charge >= 0.3 is 0 Å². The molecule has 0 aromatic carbocycles. The molecule has 1 aromatic rings. The zero-order chi connectivity index (χ0) is 21.1. The number of aromatic nitrogens is 3. The molecule has 29 heavy (non-hydrogen) atoms. The van der Waals surface area contributed by atoms with Crippen LogP contribution in [0, 0.1) is 0 Å². The largest absolute Gasteiger partial charge is 0.390 e. The van der Waals surface area contributed by atoms with Gasteiger partial charge in [0.05, 0.1) is 59.0 Å². The fourth-order valence-electron chi connectivity index (χ4n) is 2.66. The van der Waals surface area contributed by atoms with Crippen LogP contribution in [0.15, 0.2) is 6.20 Å². The summed E-state index contributed by atoms with van der Waals surface area (Å²) in [5.74, 6) is 0. The lowest BCUT2D eigenvalue weighted by atomic mass is 9.97. The van der Waals surface area contributed by atoms with Gasteiger partial charge in [-0.15, -0.1) is 5.10 Å². The summed E-state index contributed by atoms with van der Waals surface area (Å²) in [6, 6.07) is -1.11. The van der Waals surface area contributed by atoms with E-state index in [1.807, 2.05) is 0 Å². The lowest BCUT2D eigenvalue weighted by Gasteiger charge is -2.40. The molecule has 1 aromatic heterocycles. The molecule has 2 rings (SSSR count). The average molecular weight is 420 g/mol. The van der Waals surface area contributed by atoms with Gasteiger partial charge in [-0.05, 0) is 0 Å². The molecular weight excluding hydrogens is 392 g/mol. The SMILES string of the molecule is O=CN[C@@H]1[C@@H](O)[C@@H](O)[C@@H](COCCOCCOCCn2cc(CO)nn2)O[C@H]1O. The number of carbonyl (C=O) groups excluding carboxylic acids is 1. The maximum Gasteiger partial charge on any atom is 0.207 e. The molecule has 0 aliphatic carbocycles. The van der Waals surface area contributed by atoms with Gasteiger partial charge in [-0.3, -0.25) is 4.79 Å². The van der Waals surface area contributed by atoms with Crippen molar-refractivity contribution < 1.29 is 44.2 Å². The van der Waals surface area contributed by atoms with Gasteiger partial charge in [0.2, 0.25) is 6.41 Å². The molecule has 5 atom stereocenters. The first-order valence-electron chi connectivity index (χ1n) is 9.19. The minimum absolute atomic E-state index is 0.0588. The van der Waals surface area contributed by atoms with Crippen molar-refractivity contribution in [2.45, 2.75) is 43.8 Å². The molecule has 13 heteroatoms. The highest BCUT2D eigenvalue weighted by molar-refractivity contribution is 5.47. The van der Waals surface area contributed by atoms with Crippen LogP contribution in [0.1, 0.15) is 5.69 Å². The maximum atomic E-state index is 10.5. The standard InChI is InChI=1S/C16H28N4O9/c21-8-11-7-20(19-18-11)1-2-26-3-4-27-5-6-28-9-12-14(23)15(24)13(17-10-22)16(25)29-12/h7,10,12-16,21,23-25H,1-6,8-9H2,(H,17,22)/t12-,13-,14+,15-,16-/m1/s1. The minimum Gasteiger partial charge on any atom is -0.390 e. The van der Waals surface area contributed by atoms with Gasteiger partial charge in [0.25, 0.3) is 0 Å². The number of nitrogens with zero attached hydrogens (tertiary/aromatic N) is 3. The highest BCUT2D eigenvalue weighted by Gasteiger charge is 2.43. The van der Waals surface area contributed by atoms with Crippen LogP contribution in [0.4, 0.5) is 0 Å². The lowest BCUT2D eigenvalue weighted by molar-refractivity contribution is -0.256. The zero-order valence-corrected chi connectivity index (χ0v) is 15.9. The van der Waals surface area contributed by atoms with Gasteiger partial charge in [-0.25, -0.2) is 4.68 Å². The molecule has 2 heterocycles. The van der Waals surface area contributed by atoms with E-state index in [0.29, 0.717) is 38.5 Å². The van der Waals surface area contributed by atoms with Crippen LogP contribution in [0.25, 0.3) is 0 Å². The van der Waals surface area contributed by atoms with Gasteiger partial charge in [-0.1, -0.05) is 5.21 Å². The van der Waals surface area contributed by atoms with Gasteiger partial charge < -0.3 is 44.7 Å². The summed E-state index contributed by atoms with van der Waals surface area (Å²) in [6.07, 6.45) is -3.12. The Bertz CT molecular complexity index is 590.